The predicted octanol–water partition coefficient (Wildman–Crippen LogP) is 2.69. The van der Waals surface area contributed by atoms with E-state index in [0.717, 1.165) is 11.3 Å². The van der Waals surface area contributed by atoms with E-state index >= 15 is 0 Å². The van der Waals surface area contributed by atoms with Crippen LogP contribution in [0.2, 0.25) is 38.3 Å². The first-order valence-electron chi connectivity index (χ1n) is 7.08. The summed E-state index contributed by atoms with van der Waals surface area (Å²) in [7, 11) is -2.62. The minimum atomic E-state index is -1.46. The van der Waals surface area contributed by atoms with Crippen molar-refractivity contribution in [3.05, 3.63) is 18.7 Å². The van der Waals surface area contributed by atoms with E-state index in [0.29, 0.717) is 5.65 Å². The molecule has 1 aliphatic rings. The zero-order chi connectivity index (χ0) is 14.4. The lowest BCUT2D eigenvalue weighted by Crippen LogP contribution is -2.61. The Morgan fingerprint density at radius 2 is 1.70 bits per heavy atom. The summed E-state index contributed by atoms with van der Waals surface area (Å²) in [6.07, 6.45) is 6.22. The average molecular weight is 304 g/mol. The van der Waals surface area contributed by atoms with Crippen molar-refractivity contribution in [1.82, 2.24) is 19.9 Å². The number of nitrogens with zero attached hydrogens (tertiary/aromatic N) is 5. The van der Waals surface area contributed by atoms with E-state index in [1.54, 1.807) is 18.7 Å². The smallest absolute Gasteiger partial charge is 0.183 e. The normalized spacial score (nSPS) is 21.1. The maximum Gasteiger partial charge on any atom is 0.183 e. The van der Waals surface area contributed by atoms with Gasteiger partial charge in [0.2, 0.25) is 0 Å². The van der Waals surface area contributed by atoms with Gasteiger partial charge in [-0.15, -0.1) is 0 Å². The SMILES string of the molecule is C[Si]1(C)CC[Si](C)(C)N(c2ncnc3nccnc23)C1. The summed E-state index contributed by atoms with van der Waals surface area (Å²) in [5, 5.41) is 0. The molecule has 5 nitrogen and oxygen atoms in total. The maximum atomic E-state index is 4.56. The van der Waals surface area contributed by atoms with E-state index in [1.165, 1.54) is 18.3 Å². The molecular weight excluding hydrogens is 282 g/mol. The topological polar surface area (TPSA) is 54.8 Å². The molecule has 0 bridgehead atoms. The standard InChI is InChI=1S/C13H21N5Si2/c1-19(2)7-8-20(3,4)18(10-19)13-11-12(16-9-17-13)15-6-5-14-11/h5-6,9H,7-8,10H2,1-4H3. The van der Waals surface area contributed by atoms with Crippen molar-refractivity contribution in [2.45, 2.75) is 38.3 Å². The van der Waals surface area contributed by atoms with Gasteiger partial charge < -0.3 is 4.57 Å². The van der Waals surface area contributed by atoms with E-state index in [4.69, 9.17) is 0 Å². The predicted molar refractivity (Wildman–Crippen MR) is 87.1 cm³/mol. The van der Waals surface area contributed by atoms with Crippen LogP contribution in [-0.2, 0) is 0 Å². The third-order valence-electron chi connectivity index (χ3n) is 4.24. The fraction of sp³-hybridized carbons (Fsp3) is 0.538. The van der Waals surface area contributed by atoms with Crippen LogP contribution in [0.3, 0.4) is 0 Å². The molecule has 3 heterocycles. The van der Waals surface area contributed by atoms with Crippen molar-refractivity contribution in [3.63, 3.8) is 0 Å². The van der Waals surface area contributed by atoms with E-state index in [9.17, 15) is 0 Å². The zero-order valence-electron chi connectivity index (χ0n) is 12.6. The Labute approximate surface area is 121 Å². The molecule has 2 aromatic rings. The summed E-state index contributed by atoms with van der Waals surface area (Å²) >= 11 is 0. The number of fused-ring (bicyclic) bond motifs is 1. The number of hydrogen-bond donors (Lipinski definition) is 0. The highest BCUT2D eigenvalue weighted by atomic mass is 28.3. The van der Waals surface area contributed by atoms with Crippen LogP contribution in [0.25, 0.3) is 11.2 Å². The molecule has 1 saturated heterocycles. The third kappa shape index (κ3) is 2.35. The van der Waals surface area contributed by atoms with Crippen LogP contribution in [-0.4, -0.2) is 42.4 Å². The van der Waals surface area contributed by atoms with Crippen LogP contribution in [0.5, 0.6) is 0 Å². The van der Waals surface area contributed by atoms with E-state index in [1.807, 2.05) is 0 Å². The molecule has 1 aliphatic heterocycles. The van der Waals surface area contributed by atoms with E-state index in [-0.39, 0.29) is 0 Å². The lowest BCUT2D eigenvalue weighted by Gasteiger charge is -2.47. The van der Waals surface area contributed by atoms with Crippen LogP contribution in [0.15, 0.2) is 18.7 Å². The minimum Gasteiger partial charge on any atom is -0.384 e. The van der Waals surface area contributed by atoms with Gasteiger partial charge in [0.25, 0.3) is 0 Å². The number of anilines is 1. The Hall–Kier alpha value is -1.35. The molecule has 3 rings (SSSR count). The van der Waals surface area contributed by atoms with Crippen LogP contribution in [0, 0.1) is 0 Å². The highest BCUT2D eigenvalue weighted by molar-refractivity contribution is 6.90. The minimum absolute atomic E-state index is 0.701. The van der Waals surface area contributed by atoms with Crippen molar-refractivity contribution in [3.8, 4) is 0 Å². The molecule has 0 aromatic carbocycles. The molecule has 7 heteroatoms. The summed E-state index contributed by atoms with van der Waals surface area (Å²) in [6.45, 7) is 9.80. The Kier molecular flexibility index (Phi) is 3.13. The van der Waals surface area contributed by atoms with Gasteiger partial charge in [-0.05, 0) is 6.04 Å². The van der Waals surface area contributed by atoms with Crippen LogP contribution < -0.4 is 4.57 Å². The fourth-order valence-corrected chi connectivity index (χ4v) is 13.2. The second-order valence-electron chi connectivity index (χ2n) is 6.99. The van der Waals surface area contributed by atoms with Crippen LogP contribution >= 0.6 is 0 Å². The first-order valence-corrected chi connectivity index (χ1v) is 13.7. The summed E-state index contributed by atoms with van der Waals surface area (Å²) in [5.41, 5.74) is 1.55. The van der Waals surface area contributed by atoms with Crippen molar-refractivity contribution < 1.29 is 0 Å². The highest BCUT2D eigenvalue weighted by Crippen LogP contribution is 2.35. The molecule has 0 amide bonds. The number of aromatic nitrogens is 4. The zero-order valence-corrected chi connectivity index (χ0v) is 14.6. The van der Waals surface area contributed by atoms with Gasteiger partial charge in [-0.1, -0.05) is 32.2 Å². The van der Waals surface area contributed by atoms with Gasteiger partial charge in [0, 0.05) is 18.6 Å². The van der Waals surface area contributed by atoms with Crippen LogP contribution in [0.4, 0.5) is 5.82 Å². The van der Waals surface area contributed by atoms with Gasteiger partial charge >= 0.3 is 0 Å². The van der Waals surface area contributed by atoms with Gasteiger partial charge in [0.05, 0.1) is 8.07 Å². The molecule has 0 unspecified atom stereocenters. The first-order chi connectivity index (χ1) is 9.39. The average Bonchev–Trinajstić information content (AvgIpc) is 2.41. The molecule has 0 aliphatic carbocycles. The van der Waals surface area contributed by atoms with Crippen LogP contribution in [0.1, 0.15) is 0 Å². The third-order valence-corrected chi connectivity index (χ3v) is 11.1. The molecule has 0 atom stereocenters. The summed E-state index contributed by atoms with van der Waals surface area (Å²) in [5.74, 6) is 1.00. The Balaban J connectivity index is 2.13. The highest BCUT2D eigenvalue weighted by Gasteiger charge is 2.42. The molecule has 20 heavy (non-hydrogen) atoms. The second kappa shape index (κ2) is 4.59. The first kappa shape index (κ1) is 13.6. The summed E-state index contributed by atoms with van der Waals surface area (Å²) < 4.78 is 2.57. The van der Waals surface area contributed by atoms with Crippen molar-refractivity contribution in [1.29, 1.82) is 0 Å². The maximum absolute atomic E-state index is 4.56. The molecule has 0 radical (unpaired) electrons. The Morgan fingerprint density at radius 3 is 2.50 bits per heavy atom. The largest absolute Gasteiger partial charge is 0.384 e. The molecular formula is C13H21N5Si2. The molecule has 0 spiro atoms. The molecule has 0 saturated carbocycles. The van der Waals surface area contributed by atoms with Gasteiger partial charge in [-0.2, -0.15) is 0 Å². The Morgan fingerprint density at radius 1 is 0.950 bits per heavy atom. The number of rotatable bonds is 1. The monoisotopic (exact) mass is 303 g/mol. The van der Waals surface area contributed by atoms with Crippen molar-refractivity contribution >= 4 is 33.3 Å². The second-order valence-corrected chi connectivity index (χ2v) is 16.8. The molecule has 2 aromatic heterocycles. The summed E-state index contributed by atoms with van der Waals surface area (Å²) in [6, 6.07) is 2.77. The lowest BCUT2D eigenvalue weighted by atomic mass is 10.4. The molecule has 0 N–H and O–H groups in total. The van der Waals surface area contributed by atoms with Gasteiger partial charge in [0.15, 0.2) is 19.7 Å². The lowest BCUT2D eigenvalue weighted by molar-refractivity contribution is 1.01. The van der Waals surface area contributed by atoms with E-state index in [2.05, 4.69) is 50.7 Å². The summed E-state index contributed by atoms with van der Waals surface area (Å²) in [4.78, 5) is 17.6. The molecule has 106 valence electrons. The molecule has 1 fully saturated rings. The Bertz CT molecular complexity index is 638. The van der Waals surface area contributed by atoms with Gasteiger partial charge in [-0.25, -0.2) is 19.9 Å². The number of hydrogen-bond acceptors (Lipinski definition) is 5. The van der Waals surface area contributed by atoms with Gasteiger partial charge in [-0.3, -0.25) is 0 Å². The van der Waals surface area contributed by atoms with Gasteiger partial charge in [0.1, 0.15) is 11.8 Å². The van der Waals surface area contributed by atoms with Crippen molar-refractivity contribution in [2.75, 3.05) is 10.7 Å². The fourth-order valence-electron chi connectivity index (χ4n) is 2.84. The quantitative estimate of drug-likeness (QED) is 0.758. The van der Waals surface area contributed by atoms with E-state index < -0.39 is 16.3 Å². The van der Waals surface area contributed by atoms with Crippen molar-refractivity contribution in [2.24, 2.45) is 0 Å².